The van der Waals surface area contributed by atoms with Gasteiger partial charge in [-0.05, 0) is 43.4 Å². The van der Waals surface area contributed by atoms with E-state index in [1.807, 2.05) is 54.6 Å². The van der Waals surface area contributed by atoms with Crippen LogP contribution >= 0.6 is 0 Å². The number of esters is 1. The minimum atomic E-state index is -0.821. The number of aryl methyl sites for hydroxylation is 2. The first-order chi connectivity index (χ1) is 14.2. The van der Waals surface area contributed by atoms with Crippen molar-refractivity contribution in [3.8, 4) is 0 Å². The first-order valence-corrected chi connectivity index (χ1v) is 9.77. The van der Waals surface area contributed by atoms with Gasteiger partial charge in [0.05, 0.1) is 18.2 Å². The molecule has 0 aliphatic carbocycles. The Labute approximate surface area is 170 Å². The summed E-state index contributed by atoms with van der Waals surface area (Å²) in [6.45, 7) is 1.85. The van der Waals surface area contributed by atoms with E-state index in [4.69, 9.17) is 4.74 Å². The molecular formula is C24H24N2O3. The summed E-state index contributed by atoms with van der Waals surface area (Å²) in [6, 6.07) is 21.6. The Bertz CT molecular complexity index is 943. The van der Waals surface area contributed by atoms with Crippen LogP contribution < -0.4 is 0 Å². The Hall–Kier alpha value is -3.34. The lowest BCUT2D eigenvalue weighted by Gasteiger charge is -2.15. The summed E-state index contributed by atoms with van der Waals surface area (Å²) in [7, 11) is 0. The molecule has 0 radical (unpaired) electrons. The first-order valence-electron chi connectivity index (χ1n) is 9.77. The summed E-state index contributed by atoms with van der Waals surface area (Å²) in [4.78, 5) is 33.6. The van der Waals surface area contributed by atoms with Gasteiger partial charge in [0.15, 0.2) is 0 Å². The summed E-state index contributed by atoms with van der Waals surface area (Å²) in [5.74, 6) is -2.10. The van der Waals surface area contributed by atoms with Gasteiger partial charge in [-0.1, -0.05) is 60.7 Å². The number of ketones is 1. The standard InChI is InChI=1S/C24H24N2O3/c1-2-29-24(28)23(27)21(15-19-11-7-4-8-12-19)22-16-20(25-17-26-22)14-13-18-9-5-3-6-10-18/h3-12,16-17,21H,2,13-15H2,1H3. The maximum absolute atomic E-state index is 12.8. The van der Waals surface area contributed by atoms with Crippen molar-refractivity contribution >= 4 is 11.8 Å². The van der Waals surface area contributed by atoms with Gasteiger partial charge in [-0.3, -0.25) is 4.79 Å². The third-order valence-electron chi connectivity index (χ3n) is 4.69. The number of benzene rings is 2. The summed E-state index contributed by atoms with van der Waals surface area (Å²) >= 11 is 0. The number of hydrogen-bond acceptors (Lipinski definition) is 5. The van der Waals surface area contributed by atoms with Crippen LogP contribution in [0.1, 0.15) is 35.4 Å². The van der Waals surface area contributed by atoms with Crippen molar-refractivity contribution in [3.63, 3.8) is 0 Å². The number of aromatic nitrogens is 2. The fraction of sp³-hybridized carbons (Fsp3) is 0.250. The predicted octanol–water partition coefficient (Wildman–Crippen LogP) is 3.72. The number of carbonyl (C=O) groups excluding carboxylic acids is 2. The van der Waals surface area contributed by atoms with Crippen LogP contribution in [0.3, 0.4) is 0 Å². The fourth-order valence-electron chi connectivity index (χ4n) is 3.19. The molecule has 3 rings (SSSR count). The SMILES string of the molecule is CCOC(=O)C(=O)C(Cc1ccccc1)c1cc(CCc2ccccc2)ncn1. The molecule has 0 fully saturated rings. The Kier molecular flexibility index (Phi) is 7.22. The van der Waals surface area contributed by atoms with E-state index in [-0.39, 0.29) is 6.61 Å². The molecule has 0 bridgehead atoms. The molecule has 1 unspecified atom stereocenters. The highest BCUT2D eigenvalue weighted by Crippen LogP contribution is 2.22. The second kappa shape index (κ2) is 10.3. The lowest BCUT2D eigenvalue weighted by molar-refractivity contribution is -0.154. The molecule has 148 valence electrons. The van der Waals surface area contributed by atoms with Crippen LogP contribution in [0, 0.1) is 0 Å². The van der Waals surface area contributed by atoms with Gasteiger partial charge in [-0.2, -0.15) is 0 Å². The topological polar surface area (TPSA) is 69.2 Å². The van der Waals surface area contributed by atoms with Gasteiger partial charge in [0.2, 0.25) is 5.78 Å². The molecule has 1 atom stereocenters. The number of nitrogens with zero attached hydrogens (tertiary/aromatic N) is 2. The number of ether oxygens (including phenoxy) is 1. The predicted molar refractivity (Wildman–Crippen MR) is 110 cm³/mol. The largest absolute Gasteiger partial charge is 0.460 e. The zero-order valence-electron chi connectivity index (χ0n) is 16.5. The molecular weight excluding hydrogens is 364 g/mol. The Morgan fingerprint density at radius 2 is 1.55 bits per heavy atom. The molecule has 0 aliphatic heterocycles. The smallest absolute Gasteiger partial charge is 0.375 e. The lowest BCUT2D eigenvalue weighted by Crippen LogP contribution is -2.27. The van der Waals surface area contributed by atoms with Crippen LogP contribution in [-0.4, -0.2) is 28.3 Å². The van der Waals surface area contributed by atoms with Gasteiger partial charge in [0.1, 0.15) is 6.33 Å². The number of Topliss-reactive ketones (excluding diaryl/α,β-unsaturated/α-hetero) is 1. The molecule has 0 N–H and O–H groups in total. The third kappa shape index (κ3) is 5.82. The molecule has 1 aromatic heterocycles. The molecule has 3 aromatic rings. The van der Waals surface area contributed by atoms with Crippen LogP contribution in [-0.2, 0) is 33.6 Å². The highest BCUT2D eigenvalue weighted by Gasteiger charge is 2.29. The van der Waals surface area contributed by atoms with Gasteiger partial charge >= 0.3 is 5.97 Å². The van der Waals surface area contributed by atoms with E-state index in [0.29, 0.717) is 12.1 Å². The zero-order chi connectivity index (χ0) is 20.5. The van der Waals surface area contributed by atoms with Crippen molar-refractivity contribution in [3.05, 3.63) is 95.6 Å². The van der Waals surface area contributed by atoms with Crippen LogP contribution in [0.25, 0.3) is 0 Å². The van der Waals surface area contributed by atoms with Crippen LogP contribution in [0.5, 0.6) is 0 Å². The summed E-state index contributed by atoms with van der Waals surface area (Å²) in [6.07, 6.45) is 3.41. The second-order valence-electron chi connectivity index (χ2n) is 6.75. The monoisotopic (exact) mass is 388 g/mol. The quantitative estimate of drug-likeness (QED) is 0.413. The lowest BCUT2D eigenvalue weighted by atomic mass is 9.91. The van der Waals surface area contributed by atoms with Crippen molar-refractivity contribution in [1.82, 2.24) is 9.97 Å². The highest BCUT2D eigenvalue weighted by molar-refractivity contribution is 6.35. The summed E-state index contributed by atoms with van der Waals surface area (Å²) in [5.41, 5.74) is 3.56. The van der Waals surface area contributed by atoms with Crippen molar-refractivity contribution in [2.75, 3.05) is 6.61 Å². The molecule has 0 saturated heterocycles. The van der Waals surface area contributed by atoms with Gasteiger partial charge in [-0.25, -0.2) is 14.8 Å². The van der Waals surface area contributed by atoms with E-state index in [2.05, 4.69) is 22.1 Å². The molecule has 2 aromatic carbocycles. The van der Waals surface area contributed by atoms with E-state index < -0.39 is 17.7 Å². The van der Waals surface area contributed by atoms with Gasteiger partial charge in [0.25, 0.3) is 0 Å². The molecule has 0 spiro atoms. The molecule has 5 heteroatoms. The molecule has 0 amide bonds. The second-order valence-corrected chi connectivity index (χ2v) is 6.75. The molecule has 0 saturated carbocycles. The Morgan fingerprint density at radius 1 is 0.897 bits per heavy atom. The van der Waals surface area contributed by atoms with Gasteiger partial charge in [0, 0.05) is 5.69 Å². The van der Waals surface area contributed by atoms with E-state index in [1.165, 1.54) is 11.9 Å². The van der Waals surface area contributed by atoms with E-state index in [0.717, 1.165) is 24.1 Å². The van der Waals surface area contributed by atoms with Crippen LogP contribution in [0.2, 0.25) is 0 Å². The molecule has 0 aliphatic rings. The van der Waals surface area contributed by atoms with Crippen LogP contribution in [0.4, 0.5) is 0 Å². The highest BCUT2D eigenvalue weighted by atomic mass is 16.5. The maximum Gasteiger partial charge on any atom is 0.375 e. The Balaban J connectivity index is 1.82. The molecule has 5 nitrogen and oxygen atoms in total. The summed E-state index contributed by atoms with van der Waals surface area (Å²) in [5, 5.41) is 0. The van der Waals surface area contributed by atoms with Crippen molar-refractivity contribution < 1.29 is 14.3 Å². The van der Waals surface area contributed by atoms with E-state index >= 15 is 0 Å². The minimum absolute atomic E-state index is 0.161. The fourth-order valence-corrected chi connectivity index (χ4v) is 3.19. The van der Waals surface area contributed by atoms with Crippen LogP contribution in [0.15, 0.2) is 73.1 Å². The van der Waals surface area contributed by atoms with E-state index in [9.17, 15) is 9.59 Å². The molecule has 29 heavy (non-hydrogen) atoms. The number of carbonyl (C=O) groups is 2. The minimum Gasteiger partial charge on any atom is -0.460 e. The van der Waals surface area contributed by atoms with E-state index in [1.54, 1.807) is 6.92 Å². The van der Waals surface area contributed by atoms with Crippen molar-refractivity contribution in [1.29, 1.82) is 0 Å². The Morgan fingerprint density at radius 3 is 2.21 bits per heavy atom. The normalized spacial score (nSPS) is 11.6. The van der Waals surface area contributed by atoms with Gasteiger partial charge < -0.3 is 4.74 Å². The third-order valence-corrected chi connectivity index (χ3v) is 4.69. The maximum atomic E-state index is 12.8. The molecule has 1 heterocycles. The zero-order valence-corrected chi connectivity index (χ0v) is 16.5. The number of hydrogen-bond donors (Lipinski definition) is 0. The number of rotatable bonds is 9. The average Bonchev–Trinajstić information content (AvgIpc) is 2.77. The first kappa shape index (κ1) is 20.4. The average molecular weight is 388 g/mol. The van der Waals surface area contributed by atoms with Crippen molar-refractivity contribution in [2.45, 2.75) is 32.1 Å². The van der Waals surface area contributed by atoms with Crippen molar-refractivity contribution in [2.24, 2.45) is 0 Å². The van der Waals surface area contributed by atoms with Gasteiger partial charge in [-0.15, -0.1) is 0 Å². The summed E-state index contributed by atoms with van der Waals surface area (Å²) < 4.78 is 4.95.